The van der Waals surface area contributed by atoms with Gasteiger partial charge in [-0.15, -0.1) is 0 Å². The Labute approximate surface area is 232 Å². The van der Waals surface area contributed by atoms with Crippen LogP contribution < -0.4 is 14.8 Å². The molecule has 0 aliphatic carbocycles. The molecule has 0 bridgehead atoms. The fraction of sp³-hybridized carbons (Fsp3) is 0.0800. The van der Waals surface area contributed by atoms with Crippen LogP contribution in [0.5, 0.6) is 11.5 Å². The number of rotatable bonds is 8. The van der Waals surface area contributed by atoms with E-state index in [2.05, 4.69) is 5.32 Å². The van der Waals surface area contributed by atoms with Gasteiger partial charge in [-0.1, -0.05) is 46.4 Å². The van der Waals surface area contributed by atoms with Crippen LogP contribution >= 0.6 is 46.4 Å². The van der Waals surface area contributed by atoms with Crippen molar-refractivity contribution in [1.29, 1.82) is 0 Å². The van der Waals surface area contributed by atoms with E-state index in [0.29, 0.717) is 15.8 Å². The number of ether oxygens (including phenoxy) is 2. The summed E-state index contributed by atoms with van der Waals surface area (Å²) in [6.07, 6.45) is 0. The molecule has 12 heteroatoms. The highest BCUT2D eigenvalue weighted by molar-refractivity contribution is 7.91. The summed E-state index contributed by atoms with van der Waals surface area (Å²) >= 11 is 24.0. The van der Waals surface area contributed by atoms with E-state index in [9.17, 15) is 13.2 Å². The zero-order valence-electron chi connectivity index (χ0n) is 18.9. The number of sulfone groups is 1. The highest BCUT2D eigenvalue weighted by atomic mass is 35.5. The number of anilines is 1. The Morgan fingerprint density at radius 1 is 0.865 bits per heavy atom. The van der Waals surface area contributed by atoms with Crippen molar-refractivity contribution in [3.8, 4) is 11.5 Å². The third kappa shape index (κ3) is 6.34. The second-order valence-corrected chi connectivity index (χ2v) is 11.2. The largest absolute Gasteiger partial charge is 0.497 e. The van der Waals surface area contributed by atoms with Crippen LogP contribution in [0.3, 0.4) is 0 Å². The molecule has 0 spiro atoms. The van der Waals surface area contributed by atoms with Crippen molar-refractivity contribution >= 4 is 67.8 Å². The molecule has 0 radical (unpaired) electrons. The molecule has 0 unspecified atom stereocenters. The van der Waals surface area contributed by atoms with Gasteiger partial charge in [0.25, 0.3) is 5.91 Å². The molecule has 1 amide bonds. The van der Waals surface area contributed by atoms with Crippen molar-refractivity contribution in [2.24, 2.45) is 0 Å². The topological polar surface area (TPSA) is 94.8 Å². The summed E-state index contributed by atoms with van der Waals surface area (Å²) in [7, 11) is -2.52. The zero-order chi connectivity index (χ0) is 26.7. The van der Waals surface area contributed by atoms with E-state index >= 15 is 0 Å². The van der Waals surface area contributed by atoms with Crippen molar-refractivity contribution in [2.45, 2.75) is 16.4 Å². The lowest BCUT2D eigenvalue weighted by atomic mass is 10.3. The van der Waals surface area contributed by atoms with Gasteiger partial charge in [0, 0.05) is 21.8 Å². The number of hydrogen-bond donors (Lipinski definition) is 1. The smallest absolute Gasteiger partial charge is 0.291 e. The number of carbonyl (C=O) groups excluding carboxylic acids is 1. The van der Waals surface area contributed by atoms with Crippen LogP contribution in [0, 0.1) is 0 Å². The van der Waals surface area contributed by atoms with Crippen molar-refractivity contribution in [3.05, 3.63) is 98.3 Å². The number of hydrogen-bond acceptors (Lipinski definition) is 6. The Morgan fingerprint density at radius 3 is 2.19 bits per heavy atom. The normalized spacial score (nSPS) is 11.3. The molecular weight excluding hydrogens is 584 g/mol. The predicted octanol–water partition coefficient (Wildman–Crippen LogP) is 7.57. The SMILES string of the molecule is COc1cc(NC(=O)c2ccc(COc3c(Cl)cc(Cl)cc3Cl)o2)cc(S(=O)(=O)c2ccc(Cl)cc2)c1. The van der Waals surface area contributed by atoms with Crippen LogP contribution in [0.1, 0.15) is 16.3 Å². The van der Waals surface area contributed by atoms with Crippen LogP contribution in [-0.2, 0) is 16.4 Å². The fourth-order valence-corrected chi connectivity index (χ4v) is 5.62. The predicted molar refractivity (Wildman–Crippen MR) is 142 cm³/mol. The van der Waals surface area contributed by atoms with Crippen LogP contribution in [0.4, 0.5) is 5.69 Å². The van der Waals surface area contributed by atoms with Crippen molar-refractivity contribution in [3.63, 3.8) is 0 Å². The van der Waals surface area contributed by atoms with Gasteiger partial charge in [-0.05, 0) is 60.7 Å². The average molecular weight is 601 g/mol. The van der Waals surface area contributed by atoms with Gasteiger partial charge in [-0.3, -0.25) is 4.79 Å². The average Bonchev–Trinajstić information content (AvgIpc) is 3.32. The van der Waals surface area contributed by atoms with E-state index in [1.807, 2.05) is 0 Å². The molecule has 7 nitrogen and oxygen atoms in total. The molecule has 192 valence electrons. The molecule has 1 aromatic heterocycles. The molecule has 0 fully saturated rings. The van der Waals surface area contributed by atoms with Gasteiger partial charge in [0.1, 0.15) is 18.1 Å². The number of halogens is 4. The van der Waals surface area contributed by atoms with E-state index in [-0.39, 0.29) is 49.4 Å². The van der Waals surface area contributed by atoms with Crippen LogP contribution in [-0.4, -0.2) is 21.4 Å². The number of methoxy groups -OCH3 is 1. The Kier molecular flexibility index (Phi) is 8.26. The van der Waals surface area contributed by atoms with Crippen LogP contribution in [0.25, 0.3) is 0 Å². The molecule has 4 aromatic rings. The summed E-state index contributed by atoms with van der Waals surface area (Å²) in [6, 6.07) is 15.9. The Hall–Kier alpha value is -2.88. The first kappa shape index (κ1) is 27.2. The van der Waals surface area contributed by atoms with E-state index < -0.39 is 15.7 Å². The summed E-state index contributed by atoms with van der Waals surface area (Å²) in [6.45, 7) is -0.0585. The number of amides is 1. The maximum absolute atomic E-state index is 13.1. The third-order valence-corrected chi connectivity index (χ3v) is 7.80. The van der Waals surface area contributed by atoms with Crippen molar-refractivity contribution in [1.82, 2.24) is 0 Å². The highest BCUT2D eigenvalue weighted by Gasteiger charge is 2.21. The van der Waals surface area contributed by atoms with Gasteiger partial charge >= 0.3 is 0 Å². The van der Waals surface area contributed by atoms with E-state index in [1.165, 1.54) is 67.8 Å². The monoisotopic (exact) mass is 599 g/mol. The van der Waals surface area contributed by atoms with Gasteiger partial charge in [0.15, 0.2) is 11.5 Å². The maximum Gasteiger partial charge on any atom is 0.291 e. The fourth-order valence-electron chi connectivity index (χ4n) is 3.25. The quantitative estimate of drug-likeness (QED) is 0.224. The number of furan rings is 1. The van der Waals surface area contributed by atoms with Crippen LogP contribution in [0.15, 0.2) is 80.9 Å². The lowest BCUT2D eigenvalue weighted by Gasteiger charge is -2.11. The number of carbonyl (C=O) groups is 1. The van der Waals surface area contributed by atoms with Crippen LogP contribution in [0.2, 0.25) is 20.1 Å². The first-order chi connectivity index (χ1) is 17.6. The first-order valence-electron chi connectivity index (χ1n) is 10.4. The van der Waals surface area contributed by atoms with Gasteiger partial charge in [-0.2, -0.15) is 0 Å². The molecule has 0 aliphatic rings. The number of benzene rings is 3. The Balaban J connectivity index is 1.51. The first-order valence-corrected chi connectivity index (χ1v) is 13.4. The minimum absolute atomic E-state index is 0.0307. The lowest BCUT2D eigenvalue weighted by Crippen LogP contribution is -2.12. The second-order valence-electron chi connectivity index (χ2n) is 7.56. The summed E-state index contributed by atoms with van der Waals surface area (Å²) in [4.78, 5) is 12.8. The van der Waals surface area contributed by atoms with Crippen molar-refractivity contribution < 1.29 is 27.1 Å². The van der Waals surface area contributed by atoms with E-state index in [4.69, 9.17) is 60.3 Å². The minimum atomic E-state index is -3.91. The molecule has 0 saturated carbocycles. The van der Waals surface area contributed by atoms with Crippen molar-refractivity contribution in [2.75, 3.05) is 12.4 Å². The third-order valence-electron chi connectivity index (χ3n) is 5.02. The Bertz CT molecular complexity index is 1550. The molecule has 1 N–H and O–H groups in total. The molecular formula is C25H17Cl4NO6S. The molecule has 3 aromatic carbocycles. The van der Waals surface area contributed by atoms with Gasteiger partial charge in [-0.25, -0.2) is 8.42 Å². The summed E-state index contributed by atoms with van der Waals surface area (Å²) in [5.74, 6) is 0.133. The summed E-state index contributed by atoms with van der Waals surface area (Å²) in [5, 5.41) is 3.84. The maximum atomic E-state index is 13.1. The number of nitrogens with one attached hydrogen (secondary N) is 1. The van der Waals surface area contributed by atoms with E-state index in [1.54, 1.807) is 6.07 Å². The van der Waals surface area contributed by atoms with Gasteiger partial charge in [0.2, 0.25) is 9.84 Å². The minimum Gasteiger partial charge on any atom is -0.497 e. The van der Waals surface area contributed by atoms with E-state index in [0.717, 1.165) is 0 Å². The summed E-state index contributed by atoms with van der Waals surface area (Å²) in [5.41, 5.74) is 0.186. The Morgan fingerprint density at radius 2 is 1.54 bits per heavy atom. The second kappa shape index (κ2) is 11.2. The standard InChI is InChI=1S/C25H17Cl4NO6S/c1-34-18-10-16(11-20(12-18)37(32,33)19-5-2-14(26)3-6-19)30-25(31)23-7-4-17(36-23)13-35-24-21(28)8-15(27)9-22(24)29/h2-12H,13H2,1H3,(H,30,31). The van der Waals surface area contributed by atoms with Gasteiger partial charge < -0.3 is 19.2 Å². The summed E-state index contributed by atoms with van der Waals surface area (Å²) < 4.78 is 42.6. The lowest BCUT2D eigenvalue weighted by molar-refractivity contribution is 0.0992. The molecule has 0 saturated heterocycles. The van der Waals surface area contributed by atoms with Gasteiger partial charge in [0.05, 0.1) is 26.9 Å². The molecule has 37 heavy (non-hydrogen) atoms. The molecule has 0 atom stereocenters. The molecule has 0 aliphatic heterocycles. The molecule has 1 heterocycles. The highest BCUT2D eigenvalue weighted by Crippen LogP contribution is 2.36. The zero-order valence-corrected chi connectivity index (χ0v) is 22.8. The molecule has 4 rings (SSSR count).